The molecule has 0 bridgehead atoms. The fourth-order valence-electron chi connectivity index (χ4n) is 3.23. The van der Waals surface area contributed by atoms with E-state index in [0.717, 1.165) is 55.3 Å². The van der Waals surface area contributed by atoms with Crippen LogP contribution < -0.4 is 15.4 Å². The van der Waals surface area contributed by atoms with Crippen molar-refractivity contribution < 1.29 is 14.3 Å². The Morgan fingerprint density at radius 3 is 2.41 bits per heavy atom. The first-order chi connectivity index (χ1) is 14.2. The monoisotopic (exact) mass is 416 g/mol. The van der Waals surface area contributed by atoms with Crippen molar-refractivity contribution >= 4 is 23.3 Å². The molecule has 1 aromatic heterocycles. The van der Waals surface area contributed by atoms with Gasteiger partial charge in [0.2, 0.25) is 0 Å². The van der Waals surface area contributed by atoms with E-state index < -0.39 is 0 Å². The van der Waals surface area contributed by atoms with Gasteiger partial charge in [-0.15, -0.1) is 11.3 Å². The number of methoxy groups -OCH3 is 1. The number of nitrogens with zero attached hydrogens (tertiary/aromatic N) is 2. The highest BCUT2D eigenvalue weighted by molar-refractivity contribution is 7.12. The van der Waals surface area contributed by atoms with E-state index in [0.29, 0.717) is 13.1 Å². The number of amides is 3. The quantitative estimate of drug-likeness (QED) is 0.691. The molecule has 3 amide bonds. The molecule has 2 heterocycles. The van der Waals surface area contributed by atoms with Crippen molar-refractivity contribution in [2.24, 2.45) is 0 Å². The molecule has 1 saturated heterocycles. The zero-order valence-electron chi connectivity index (χ0n) is 16.7. The summed E-state index contributed by atoms with van der Waals surface area (Å²) in [5.74, 6) is 0.949. The fraction of sp³-hybridized carbons (Fsp3) is 0.429. The minimum Gasteiger partial charge on any atom is -0.497 e. The zero-order chi connectivity index (χ0) is 20.5. The van der Waals surface area contributed by atoms with Gasteiger partial charge in [-0.1, -0.05) is 18.2 Å². The number of piperazine rings is 1. The summed E-state index contributed by atoms with van der Waals surface area (Å²) < 4.78 is 5.14. The molecule has 7 nitrogen and oxygen atoms in total. The van der Waals surface area contributed by atoms with Gasteiger partial charge in [0.25, 0.3) is 5.91 Å². The van der Waals surface area contributed by atoms with Gasteiger partial charge in [0, 0.05) is 45.8 Å². The molecule has 0 saturated carbocycles. The third-order valence-corrected chi connectivity index (χ3v) is 5.82. The van der Waals surface area contributed by atoms with Crippen LogP contribution in [0.25, 0.3) is 0 Å². The highest BCUT2D eigenvalue weighted by Crippen LogP contribution is 2.14. The summed E-state index contributed by atoms with van der Waals surface area (Å²) in [7, 11) is 1.64. The maximum atomic E-state index is 12.4. The van der Waals surface area contributed by atoms with Crippen LogP contribution in [0.4, 0.5) is 4.79 Å². The summed E-state index contributed by atoms with van der Waals surface area (Å²) in [5.41, 5.74) is 1.15. The predicted molar refractivity (Wildman–Crippen MR) is 115 cm³/mol. The molecule has 0 radical (unpaired) electrons. The molecule has 1 aromatic carbocycles. The van der Waals surface area contributed by atoms with Gasteiger partial charge in [-0.05, 0) is 35.6 Å². The number of ether oxygens (including phenoxy) is 1. The largest absolute Gasteiger partial charge is 0.497 e. The first kappa shape index (κ1) is 21.1. The van der Waals surface area contributed by atoms with Crippen molar-refractivity contribution in [2.75, 3.05) is 52.9 Å². The highest BCUT2D eigenvalue weighted by atomic mass is 32.1. The van der Waals surface area contributed by atoms with Crippen molar-refractivity contribution in [1.29, 1.82) is 0 Å². The molecular formula is C21H28N4O3S. The summed E-state index contributed by atoms with van der Waals surface area (Å²) in [6, 6.07) is 11.5. The Balaban J connectivity index is 1.26. The second-order valence-electron chi connectivity index (χ2n) is 6.89. The van der Waals surface area contributed by atoms with Gasteiger partial charge in [-0.25, -0.2) is 4.79 Å². The van der Waals surface area contributed by atoms with Gasteiger partial charge in [0.1, 0.15) is 5.75 Å². The van der Waals surface area contributed by atoms with E-state index in [1.54, 1.807) is 7.11 Å². The number of carbonyl (C=O) groups excluding carboxylic acids is 2. The second kappa shape index (κ2) is 10.8. The van der Waals surface area contributed by atoms with Gasteiger partial charge >= 0.3 is 6.03 Å². The molecule has 0 aliphatic carbocycles. The lowest BCUT2D eigenvalue weighted by molar-refractivity contribution is 0.0644. The molecule has 2 N–H and O–H groups in total. The lowest BCUT2D eigenvalue weighted by atomic mass is 10.1. The van der Waals surface area contributed by atoms with Crippen LogP contribution in [0, 0.1) is 0 Å². The van der Waals surface area contributed by atoms with Crippen molar-refractivity contribution in [2.45, 2.75) is 6.42 Å². The van der Waals surface area contributed by atoms with E-state index in [1.807, 2.05) is 46.7 Å². The van der Waals surface area contributed by atoms with Gasteiger partial charge in [-0.2, -0.15) is 0 Å². The molecule has 156 valence electrons. The third kappa shape index (κ3) is 6.47. The van der Waals surface area contributed by atoms with Gasteiger partial charge in [0.05, 0.1) is 12.0 Å². The topological polar surface area (TPSA) is 73.9 Å². The average Bonchev–Trinajstić information content (AvgIpc) is 3.29. The Hall–Kier alpha value is -2.58. The number of hydrogen-bond acceptors (Lipinski definition) is 5. The van der Waals surface area contributed by atoms with Crippen LogP contribution in [-0.2, 0) is 6.42 Å². The molecule has 1 fully saturated rings. The number of carbonyl (C=O) groups is 2. The average molecular weight is 417 g/mol. The Labute approximate surface area is 175 Å². The summed E-state index contributed by atoms with van der Waals surface area (Å²) in [6.45, 7) is 5.08. The van der Waals surface area contributed by atoms with Gasteiger partial charge in [0.15, 0.2) is 0 Å². The van der Waals surface area contributed by atoms with E-state index >= 15 is 0 Å². The number of urea groups is 1. The standard InChI is InChI=1S/C21H28N4O3S/c1-28-18-6-4-17(5-7-18)8-9-22-21(27)23-10-11-24-12-14-25(15-13-24)20(26)19-3-2-16-29-19/h2-7,16H,8-15H2,1H3,(H2,22,23,27). The van der Waals surface area contributed by atoms with Crippen LogP contribution in [0.15, 0.2) is 41.8 Å². The number of thiophene rings is 1. The normalized spacial score (nSPS) is 14.4. The van der Waals surface area contributed by atoms with E-state index in [1.165, 1.54) is 11.3 Å². The van der Waals surface area contributed by atoms with E-state index in [-0.39, 0.29) is 11.9 Å². The summed E-state index contributed by atoms with van der Waals surface area (Å²) in [6.07, 6.45) is 0.775. The van der Waals surface area contributed by atoms with Crippen LogP contribution in [0.1, 0.15) is 15.2 Å². The molecule has 0 spiro atoms. The molecular weight excluding hydrogens is 388 g/mol. The van der Waals surface area contributed by atoms with Crippen molar-refractivity contribution in [1.82, 2.24) is 20.4 Å². The Kier molecular flexibility index (Phi) is 7.89. The third-order valence-electron chi connectivity index (χ3n) is 4.96. The molecule has 0 atom stereocenters. The summed E-state index contributed by atoms with van der Waals surface area (Å²) in [4.78, 5) is 29.3. The lowest BCUT2D eigenvalue weighted by Crippen LogP contribution is -2.50. The van der Waals surface area contributed by atoms with E-state index in [2.05, 4.69) is 15.5 Å². The maximum Gasteiger partial charge on any atom is 0.314 e. The summed E-state index contributed by atoms with van der Waals surface area (Å²) >= 11 is 1.48. The van der Waals surface area contributed by atoms with Crippen molar-refractivity contribution in [3.8, 4) is 5.75 Å². The smallest absolute Gasteiger partial charge is 0.314 e. The molecule has 2 aromatic rings. The van der Waals surface area contributed by atoms with Crippen LogP contribution in [-0.4, -0.2) is 74.7 Å². The summed E-state index contributed by atoms with van der Waals surface area (Å²) in [5, 5.41) is 7.71. The van der Waals surface area contributed by atoms with Crippen LogP contribution >= 0.6 is 11.3 Å². The zero-order valence-corrected chi connectivity index (χ0v) is 17.5. The first-order valence-electron chi connectivity index (χ1n) is 9.85. The Morgan fingerprint density at radius 2 is 1.76 bits per heavy atom. The van der Waals surface area contributed by atoms with Crippen molar-refractivity contribution in [3.05, 3.63) is 52.2 Å². The van der Waals surface area contributed by atoms with Crippen LogP contribution in [0.3, 0.4) is 0 Å². The molecule has 1 aliphatic rings. The predicted octanol–water partition coefficient (Wildman–Crippen LogP) is 2.06. The number of hydrogen-bond donors (Lipinski definition) is 2. The SMILES string of the molecule is COc1ccc(CCNC(=O)NCCN2CCN(C(=O)c3cccs3)CC2)cc1. The van der Waals surface area contributed by atoms with E-state index in [4.69, 9.17) is 4.74 Å². The minimum absolute atomic E-state index is 0.119. The second-order valence-corrected chi connectivity index (χ2v) is 7.84. The maximum absolute atomic E-state index is 12.4. The lowest BCUT2D eigenvalue weighted by Gasteiger charge is -2.34. The van der Waals surface area contributed by atoms with Crippen LogP contribution in [0.2, 0.25) is 0 Å². The van der Waals surface area contributed by atoms with Gasteiger partial charge in [-0.3, -0.25) is 9.69 Å². The van der Waals surface area contributed by atoms with Crippen molar-refractivity contribution in [3.63, 3.8) is 0 Å². The Bertz CT molecular complexity index is 772. The minimum atomic E-state index is -0.148. The van der Waals surface area contributed by atoms with Gasteiger partial charge < -0.3 is 20.3 Å². The first-order valence-corrected chi connectivity index (χ1v) is 10.7. The molecule has 29 heavy (non-hydrogen) atoms. The molecule has 0 unspecified atom stereocenters. The van der Waals surface area contributed by atoms with Crippen LogP contribution in [0.5, 0.6) is 5.75 Å². The molecule has 1 aliphatic heterocycles. The Morgan fingerprint density at radius 1 is 1.03 bits per heavy atom. The number of benzene rings is 1. The fourth-order valence-corrected chi connectivity index (χ4v) is 3.92. The van der Waals surface area contributed by atoms with E-state index in [9.17, 15) is 9.59 Å². The highest BCUT2D eigenvalue weighted by Gasteiger charge is 2.22. The molecule has 8 heteroatoms. The molecule has 3 rings (SSSR count). The number of nitrogens with one attached hydrogen (secondary N) is 2. The number of rotatable bonds is 8.